The van der Waals surface area contributed by atoms with Gasteiger partial charge in [0.1, 0.15) is 0 Å². The molecular formula is C34H69. The molecular weight excluding hydrogens is 408 g/mol. The highest BCUT2D eigenvalue weighted by molar-refractivity contribution is 4.64. The second-order valence-electron chi connectivity index (χ2n) is 11.4. The van der Waals surface area contributed by atoms with Crippen LogP contribution in [-0.4, -0.2) is 0 Å². The summed E-state index contributed by atoms with van der Waals surface area (Å²) in [4.78, 5) is 0. The van der Waals surface area contributed by atoms with Crippen LogP contribution in [-0.2, 0) is 0 Å². The largest absolute Gasteiger partial charge is 0.0654 e. The normalized spacial score (nSPS) is 11.5. The van der Waals surface area contributed by atoms with Gasteiger partial charge in [-0.25, -0.2) is 0 Å². The lowest BCUT2D eigenvalue weighted by Crippen LogP contribution is -1.85. The molecule has 0 aromatic carbocycles. The average Bonchev–Trinajstić information content (AvgIpc) is 2.85. The van der Waals surface area contributed by atoms with Gasteiger partial charge in [0.25, 0.3) is 0 Å². The molecule has 1 radical (unpaired) electrons. The molecule has 0 saturated carbocycles. The zero-order valence-electron chi connectivity index (χ0n) is 24.5. The van der Waals surface area contributed by atoms with E-state index in [1.165, 1.54) is 199 Å². The lowest BCUT2D eigenvalue weighted by atomic mass is 10.0. The maximum Gasteiger partial charge on any atom is -0.0386 e. The van der Waals surface area contributed by atoms with Crippen molar-refractivity contribution in [3.05, 3.63) is 6.42 Å². The summed E-state index contributed by atoms with van der Waals surface area (Å²) in [6, 6.07) is 0. The van der Waals surface area contributed by atoms with Crippen LogP contribution in [0.5, 0.6) is 0 Å². The van der Waals surface area contributed by atoms with E-state index in [-0.39, 0.29) is 0 Å². The Morgan fingerprint density at radius 1 is 0.235 bits per heavy atom. The fourth-order valence-electron chi connectivity index (χ4n) is 5.29. The molecule has 0 aliphatic rings. The first-order chi connectivity index (χ1) is 16.9. The van der Waals surface area contributed by atoms with Crippen LogP contribution >= 0.6 is 0 Å². The first kappa shape index (κ1) is 34.0. The molecule has 0 amide bonds. The maximum absolute atomic E-state index is 2.55. The molecule has 0 rings (SSSR count). The molecule has 0 heterocycles. The predicted molar refractivity (Wildman–Crippen MR) is 159 cm³/mol. The van der Waals surface area contributed by atoms with E-state index in [2.05, 4.69) is 20.3 Å². The second kappa shape index (κ2) is 33.0. The number of unbranched alkanes of at least 4 members (excludes halogenated alkanes) is 31. The van der Waals surface area contributed by atoms with Gasteiger partial charge in [-0.05, 0) is 6.42 Å². The standard InChI is InChI=1S/C34H69/c1-3-5-7-9-11-13-15-17-19-21-23-25-27-29-31-33-34-32-30-28-26-24-22-20-18-16-14-12-10-8-6-4-2/h13H,3-12,14-34H2,1-2H3. The van der Waals surface area contributed by atoms with Crippen molar-refractivity contribution in [2.75, 3.05) is 0 Å². The van der Waals surface area contributed by atoms with Gasteiger partial charge in [0, 0.05) is 0 Å². The second-order valence-corrected chi connectivity index (χ2v) is 11.4. The van der Waals surface area contributed by atoms with Gasteiger partial charge in [0.2, 0.25) is 0 Å². The summed E-state index contributed by atoms with van der Waals surface area (Å²) in [5, 5.41) is 0. The first-order valence-corrected chi connectivity index (χ1v) is 16.7. The van der Waals surface area contributed by atoms with Crippen molar-refractivity contribution in [1.82, 2.24) is 0 Å². The Balaban J connectivity index is 2.99. The molecule has 205 valence electrons. The van der Waals surface area contributed by atoms with E-state index in [0.29, 0.717) is 0 Å². The quantitative estimate of drug-likeness (QED) is 0.0870. The SMILES string of the molecule is CCCCCC[CH]CCCCCCCCCCCCCCCCCCCCCCCCCCC. The maximum atomic E-state index is 2.55. The number of rotatable bonds is 31. The zero-order valence-corrected chi connectivity index (χ0v) is 24.5. The van der Waals surface area contributed by atoms with Crippen molar-refractivity contribution < 1.29 is 0 Å². The van der Waals surface area contributed by atoms with E-state index in [1.807, 2.05) is 0 Å². The summed E-state index contributed by atoms with van der Waals surface area (Å²) in [6.45, 7) is 4.60. The predicted octanol–water partition coefficient (Wildman–Crippen LogP) is 13.3. The summed E-state index contributed by atoms with van der Waals surface area (Å²) in [5.41, 5.74) is 0. The number of hydrogen-bond donors (Lipinski definition) is 0. The molecule has 0 aromatic heterocycles. The first-order valence-electron chi connectivity index (χ1n) is 16.7. The lowest BCUT2D eigenvalue weighted by Gasteiger charge is -2.04. The van der Waals surface area contributed by atoms with E-state index in [4.69, 9.17) is 0 Å². The van der Waals surface area contributed by atoms with Gasteiger partial charge < -0.3 is 0 Å². The van der Waals surface area contributed by atoms with Crippen molar-refractivity contribution in [1.29, 1.82) is 0 Å². The van der Waals surface area contributed by atoms with Crippen LogP contribution in [0.3, 0.4) is 0 Å². The third-order valence-corrected chi connectivity index (χ3v) is 7.77. The molecule has 0 unspecified atom stereocenters. The van der Waals surface area contributed by atoms with Crippen molar-refractivity contribution in [2.45, 2.75) is 213 Å². The van der Waals surface area contributed by atoms with E-state index >= 15 is 0 Å². The van der Waals surface area contributed by atoms with Gasteiger partial charge in [-0.2, -0.15) is 0 Å². The summed E-state index contributed by atoms with van der Waals surface area (Å²) >= 11 is 0. The van der Waals surface area contributed by atoms with E-state index in [0.717, 1.165) is 0 Å². The van der Waals surface area contributed by atoms with Gasteiger partial charge in [0.15, 0.2) is 0 Å². The fraction of sp³-hybridized carbons (Fsp3) is 0.971. The highest BCUT2D eigenvalue weighted by Crippen LogP contribution is 2.16. The van der Waals surface area contributed by atoms with Crippen LogP contribution in [0.1, 0.15) is 213 Å². The van der Waals surface area contributed by atoms with E-state index in [1.54, 1.807) is 0 Å². The highest BCUT2D eigenvalue weighted by atomic mass is 14.0. The minimum atomic E-state index is 1.36. The Labute approximate surface area is 219 Å². The molecule has 0 fully saturated rings. The number of hydrogen-bond acceptors (Lipinski definition) is 0. The van der Waals surface area contributed by atoms with E-state index < -0.39 is 0 Å². The summed E-state index contributed by atoms with van der Waals surface area (Å²) in [5.74, 6) is 0. The molecule has 0 heteroatoms. The Morgan fingerprint density at radius 3 is 0.647 bits per heavy atom. The van der Waals surface area contributed by atoms with Crippen molar-refractivity contribution in [3.63, 3.8) is 0 Å². The van der Waals surface area contributed by atoms with Crippen molar-refractivity contribution >= 4 is 0 Å². The van der Waals surface area contributed by atoms with Crippen LogP contribution in [0.4, 0.5) is 0 Å². The van der Waals surface area contributed by atoms with Crippen molar-refractivity contribution in [2.24, 2.45) is 0 Å². The van der Waals surface area contributed by atoms with Crippen LogP contribution in [0.2, 0.25) is 0 Å². The third-order valence-electron chi connectivity index (χ3n) is 7.77. The van der Waals surface area contributed by atoms with Gasteiger partial charge in [0.05, 0.1) is 0 Å². The van der Waals surface area contributed by atoms with Crippen molar-refractivity contribution in [3.8, 4) is 0 Å². The Bertz CT molecular complexity index is 288. The van der Waals surface area contributed by atoms with E-state index in [9.17, 15) is 0 Å². The van der Waals surface area contributed by atoms with Crippen LogP contribution in [0.15, 0.2) is 0 Å². The zero-order chi connectivity index (χ0) is 24.6. The Kier molecular flexibility index (Phi) is 33.0. The summed E-state index contributed by atoms with van der Waals surface area (Å²) in [7, 11) is 0. The average molecular weight is 478 g/mol. The molecule has 0 saturated heterocycles. The molecule has 0 atom stereocenters. The fourth-order valence-corrected chi connectivity index (χ4v) is 5.29. The van der Waals surface area contributed by atoms with Gasteiger partial charge >= 0.3 is 0 Å². The molecule has 0 nitrogen and oxygen atoms in total. The molecule has 34 heavy (non-hydrogen) atoms. The third kappa shape index (κ3) is 32.0. The Morgan fingerprint density at radius 2 is 0.412 bits per heavy atom. The monoisotopic (exact) mass is 478 g/mol. The lowest BCUT2D eigenvalue weighted by molar-refractivity contribution is 0.516. The molecule has 0 aliphatic heterocycles. The van der Waals surface area contributed by atoms with Gasteiger partial charge in [-0.3, -0.25) is 0 Å². The Hall–Kier alpha value is 0. The molecule has 0 aliphatic carbocycles. The minimum absolute atomic E-state index is 1.36. The topological polar surface area (TPSA) is 0 Å². The smallest absolute Gasteiger partial charge is 0.0386 e. The highest BCUT2D eigenvalue weighted by Gasteiger charge is 1.97. The van der Waals surface area contributed by atoms with Crippen LogP contribution in [0.25, 0.3) is 0 Å². The van der Waals surface area contributed by atoms with Crippen LogP contribution in [0, 0.1) is 6.42 Å². The summed E-state index contributed by atoms with van der Waals surface area (Å²) < 4.78 is 0. The minimum Gasteiger partial charge on any atom is -0.0654 e. The summed E-state index contributed by atoms with van der Waals surface area (Å²) in [6.07, 6.45) is 47.9. The molecule has 0 aromatic rings. The molecule has 0 N–H and O–H groups in total. The van der Waals surface area contributed by atoms with Crippen LogP contribution < -0.4 is 0 Å². The van der Waals surface area contributed by atoms with Gasteiger partial charge in [-0.15, -0.1) is 0 Å². The molecule has 0 spiro atoms. The van der Waals surface area contributed by atoms with Gasteiger partial charge in [-0.1, -0.05) is 213 Å². The molecule has 0 bridgehead atoms.